The van der Waals surface area contributed by atoms with Crippen molar-refractivity contribution in [1.82, 2.24) is 20.5 Å². The summed E-state index contributed by atoms with van der Waals surface area (Å²) >= 11 is 5.93. The number of urea groups is 1. The Labute approximate surface area is 192 Å². The van der Waals surface area contributed by atoms with Gasteiger partial charge in [-0.1, -0.05) is 11.6 Å². The average Bonchev–Trinajstić information content (AvgIpc) is 2.81. The molecule has 32 heavy (non-hydrogen) atoms. The molecule has 0 aliphatic carbocycles. The highest BCUT2D eigenvalue weighted by molar-refractivity contribution is 6.30. The number of hydrogen-bond acceptors (Lipinski definition) is 6. The van der Waals surface area contributed by atoms with Gasteiger partial charge in [0.2, 0.25) is 0 Å². The minimum atomic E-state index is -0.259. The van der Waals surface area contributed by atoms with Crippen LogP contribution in [0.3, 0.4) is 0 Å². The van der Waals surface area contributed by atoms with Crippen molar-refractivity contribution in [2.24, 2.45) is 0 Å². The fraction of sp³-hybridized carbons (Fsp3) is 0.304. The zero-order chi connectivity index (χ0) is 22.5. The van der Waals surface area contributed by atoms with E-state index in [-0.39, 0.29) is 18.0 Å². The maximum Gasteiger partial charge on any atom is 0.319 e. The van der Waals surface area contributed by atoms with Crippen LogP contribution in [0, 0.1) is 6.92 Å². The number of ether oxygens (including phenoxy) is 1. The summed E-state index contributed by atoms with van der Waals surface area (Å²) in [6.45, 7) is 3.40. The van der Waals surface area contributed by atoms with Crippen molar-refractivity contribution in [2.45, 2.75) is 25.3 Å². The van der Waals surface area contributed by atoms with Crippen LogP contribution < -0.4 is 20.3 Å². The van der Waals surface area contributed by atoms with E-state index in [4.69, 9.17) is 16.3 Å². The molecule has 8 nitrogen and oxygen atoms in total. The number of rotatable bonds is 5. The molecule has 9 heteroatoms. The van der Waals surface area contributed by atoms with Crippen LogP contribution in [0.2, 0.25) is 5.02 Å². The molecule has 0 bridgehead atoms. The second kappa shape index (κ2) is 9.82. The number of benzene rings is 1. The molecule has 2 aromatic heterocycles. The molecule has 3 heterocycles. The summed E-state index contributed by atoms with van der Waals surface area (Å²) < 4.78 is 5.25. The van der Waals surface area contributed by atoms with Crippen LogP contribution in [0.15, 0.2) is 54.9 Å². The Kier molecular flexibility index (Phi) is 6.70. The number of aryl methyl sites for hydroxylation is 1. The second-order valence-corrected chi connectivity index (χ2v) is 8.17. The van der Waals surface area contributed by atoms with Crippen LogP contribution in [-0.2, 0) is 0 Å². The summed E-state index contributed by atoms with van der Waals surface area (Å²) in [4.78, 5) is 19.6. The van der Waals surface area contributed by atoms with Crippen LogP contribution >= 0.6 is 11.6 Å². The van der Waals surface area contributed by atoms with Crippen molar-refractivity contribution < 1.29 is 9.53 Å². The Morgan fingerprint density at radius 3 is 2.69 bits per heavy atom. The maximum atomic E-state index is 12.7. The monoisotopic (exact) mass is 452 g/mol. The molecular formula is C23H25ClN6O2. The maximum absolute atomic E-state index is 12.7. The Morgan fingerprint density at radius 2 is 2.00 bits per heavy atom. The number of methoxy groups -OCH3 is 1. The van der Waals surface area contributed by atoms with E-state index in [9.17, 15) is 4.79 Å². The Balaban J connectivity index is 1.52. The molecular weight excluding hydrogens is 428 g/mol. The van der Waals surface area contributed by atoms with E-state index >= 15 is 0 Å². The number of amides is 2. The number of piperidine rings is 1. The molecule has 0 spiro atoms. The van der Waals surface area contributed by atoms with E-state index in [0.29, 0.717) is 23.0 Å². The summed E-state index contributed by atoms with van der Waals surface area (Å²) in [6.07, 6.45) is 4.23. The average molecular weight is 453 g/mol. The molecule has 1 aromatic carbocycles. The van der Waals surface area contributed by atoms with E-state index in [2.05, 4.69) is 30.7 Å². The quantitative estimate of drug-likeness (QED) is 0.607. The van der Waals surface area contributed by atoms with E-state index in [1.807, 2.05) is 25.1 Å². The van der Waals surface area contributed by atoms with E-state index in [1.165, 1.54) is 0 Å². The third-order valence-electron chi connectivity index (χ3n) is 5.53. The van der Waals surface area contributed by atoms with Crippen molar-refractivity contribution in [2.75, 3.05) is 30.4 Å². The predicted molar refractivity (Wildman–Crippen MR) is 125 cm³/mol. The fourth-order valence-corrected chi connectivity index (χ4v) is 4.02. The van der Waals surface area contributed by atoms with Gasteiger partial charge in [0.15, 0.2) is 0 Å². The first-order valence-electron chi connectivity index (χ1n) is 10.4. The number of nitrogens with one attached hydrogen (secondary N) is 2. The van der Waals surface area contributed by atoms with Crippen molar-refractivity contribution in [3.63, 3.8) is 0 Å². The van der Waals surface area contributed by atoms with Crippen LogP contribution in [0.25, 0.3) is 0 Å². The molecule has 2 N–H and O–H groups in total. The Hall–Kier alpha value is -3.39. The standard InChI is InChI=1S/C23H25ClN6O2/c1-15-11-18(12-26-29-15)30-10-9-22(20(14-30)21-8-7-19(32-2)13-25-21)28-23(31)27-17-5-3-16(24)4-6-17/h3-8,11-13,20,22H,9-10,14H2,1-2H3,(H2,27,28,31). The van der Waals surface area contributed by atoms with Gasteiger partial charge in [-0.15, -0.1) is 0 Å². The van der Waals surface area contributed by atoms with E-state index in [0.717, 1.165) is 30.0 Å². The summed E-state index contributed by atoms with van der Waals surface area (Å²) in [5.74, 6) is 0.680. The van der Waals surface area contributed by atoms with Crippen LogP contribution in [0.5, 0.6) is 5.75 Å². The van der Waals surface area contributed by atoms with Gasteiger partial charge in [-0.05, 0) is 55.8 Å². The Morgan fingerprint density at radius 1 is 1.19 bits per heavy atom. The molecule has 2 amide bonds. The SMILES string of the molecule is COc1ccc(C2CN(c3cnnc(C)c3)CCC2NC(=O)Nc2ccc(Cl)cc2)nc1. The molecule has 2 atom stereocenters. The van der Waals surface area contributed by atoms with E-state index < -0.39 is 0 Å². The number of carbonyl (C=O) groups excluding carboxylic acids is 1. The van der Waals surface area contributed by atoms with Crippen molar-refractivity contribution in [3.8, 4) is 5.75 Å². The molecule has 1 fully saturated rings. The molecule has 1 aliphatic heterocycles. The van der Waals surface area contributed by atoms with Gasteiger partial charge in [-0.3, -0.25) is 4.98 Å². The lowest BCUT2D eigenvalue weighted by atomic mass is 9.88. The van der Waals surface area contributed by atoms with Crippen LogP contribution in [-0.4, -0.2) is 47.5 Å². The van der Waals surface area contributed by atoms with Gasteiger partial charge in [0, 0.05) is 41.5 Å². The lowest BCUT2D eigenvalue weighted by Gasteiger charge is -2.39. The Bertz CT molecular complexity index is 1060. The highest BCUT2D eigenvalue weighted by Gasteiger charge is 2.33. The summed E-state index contributed by atoms with van der Waals surface area (Å²) in [5.41, 5.74) is 3.46. The smallest absolute Gasteiger partial charge is 0.319 e. The molecule has 166 valence electrons. The number of pyridine rings is 1. The highest BCUT2D eigenvalue weighted by Crippen LogP contribution is 2.30. The largest absolute Gasteiger partial charge is 0.495 e. The minimum Gasteiger partial charge on any atom is -0.495 e. The molecule has 3 aromatic rings. The van der Waals surface area contributed by atoms with Crippen LogP contribution in [0.1, 0.15) is 23.7 Å². The number of aromatic nitrogens is 3. The molecule has 1 aliphatic rings. The number of anilines is 2. The van der Waals surface area contributed by atoms with E-state index in [1.54, 1.807) is 43.8 Å². The predicted octanol–water partition coefficient (Wildman–Crippen LogP) is 4.03. The van der Waals surface area contributed by atoms with Gasteiger partial charge >= 0.3 is 6.03 Å². The topological polar surface area (TPSA) is 92.3 Å². The second-order valence-electron chi connectivity index (χ2n) is 7.73. The van der Waals surface area contributed by atoms with Gasteiger partial charge in [0.1, 0.15) is 5.75 Å². The summed E-state index contributed by atoms with van der Waals surface area (Å²) in [5, 5.41) is 14.8. The lowest BCUT2D eigenvalue weighted by Crippen LogP contribution is -2.51. The van der Waals surface area contributed by atoms with Crippen LogP contribution in [0.4, 0.5) is 16.2 Å². The molecule has 4 rings (SSSR count). The number of nitrogens with zero attached hydrogens (tertiary/aromatic N) is 4. The third kappa shape index (κ3) is 5.26. The first-order chi connectivity index (χ1) is 15.5. The van der Waals surface area contributed by atoms with Crippen molar-refractivity contribution in [3.05, 3.63) is 71.3 Å². The number of hydrogen-bond donors (Lipinski definition) is 2. The zero-order valence-corrected chi connectivity index (χ0v) is 18.7. The zero-order valence-electron chi connectivity index (χ0n) is 18.0. The summed E-state index contributed by atoms with van der Waals surface area (Å²) in [6, 6.07) is 12.5. The molecule has 0 radical (unpaired) electrons. The third-order valence-corrected chi connectivity index (χ3v) is 5.79. The van der Waals surface area contributed by atoms with Gasteiger partial charge in [0.25, 0.3) is 0 Å². The molecule has 1 saturated heterocycles. The van der Waals surface area contributed by atoms with Gasteiger partial charge in [-0.25, -0.2) is 4.79 Å². The molecule has 0 saturated carbocycles. The molecule has 2 unspecified atom stereocenters. The van der Waals surface area contributed by atoms with Gasteiger partial charge in [0.05, 0.1) is 30.9 Å². The normalized spacial score (nSPS) is 18.2. The van der Waals surface area contributed by atoms with Gasteiger partial charge in [-0.2, -0.15) is 10.2 Å². The first-order valence-corrected chi connectivity index (χ1v) is 10.8. The van der Waals surface area contributed by atoms with Gasteiger partial charge < -0.3 is 20.3 Å². The van der Waals surface area contributed by atoms with Crippen molar-refractivity contribution >= 4 is 29.0 Å². The highest BCUT2D eigenvalue weighted by atomic mass is 35.5. The van der Waals surface area contributed by atoms with Crippen molar-refractivity contribution in [1.29, 1.82) is 0 Å². The lowest BCUT2D eigenvalue weighted by molar-refractivity contribution is 0.243. The minimum absolute atomic E-state index is 0.0147. The first kappa shape index (κ1) is 21.8. The number of halogens is 1. The number of carbonyl (C=O) groups is 1. The fourth-order valence-electron chi connectivity index (χ4n) is 3.89. The summed E-state index contributed by atoms with van der Waals surface area (Å²) in [7, 11) is 1.61.